The summed E-state index contributed by atoms with van der Waals surface area (Å²) >= 11 is 0. The van der Waals surface area contributed by atoms with Gasteiger partial charge in [-0.1, -0.05) is 42.5 Å². The summed E-state index contributed by atoms with van der Waals surface area (Å²) in [5, 5.41) is 0. The lowest BCUT2D eigenvalue weighted by atomic mass is 9.95. The molecule has 3 amide bonds. The number of benzene rings is 2. The molecule has 2 aromatic carbocycles. The Kier molecular flexibility index (Phi) is 6.68. The maximum Gasteiger partial charge on any atom is 0.254 e. The van der Waals surface area contributed by atoms with Crippen LogP contribution in [0.4, 0.5) is 5.69 Å². The minimum absolute atomic E-state index is 0.0146. The third-order valence-electron chi connectivity index (χ3n) is 7.30. The zero-order valence-electron chi connectivity index (χ0n) is 20.2. The zero-order valence-corrected chi connectivity index (χ0v) is 20.2. The SMILES string of the molecule is CN1CCC(C(=O)N2CC(=O)N(Cc3ccc(C(=O)N4CC=CC4)cc3)c3ccccc3C2)CC1. The van der Waals surface area contributed by atoms with E-state index in [0.29, 0.717) is 31.7 Å². The minimum Gasteiger partial charge on any atom is -0.331 e. The zero-order chi connectivity index (χ0) is 24.4. The first-order valence-electron chi connectivity index (χ1n) is 12.4. The summed E-state index contributed by atoms with van der Waals surface area (Å²) in [6, 6.07) is 15.3. The highest BCUT2D eigenvalue weighted by Gasteiger charge is 2.33. The third kappa shape index (κ3) is 5.00. The highest BCUT2D eigenvalue weighted by Crippen LogP contribution is 2.29. The van der Waals surface area contributed by atoms with Gasteiger partial charge in [-0.05, 0) is 62.3 Å². The van der Waals surface area contributed by atoms with Crippen LogP contribution in [0.15, 0.2) is 60.7 Å². The molecule has 0 bridgehead atoms. The Labute approximate surface area is 206 Å². The topological polar surface area (TPSA) is 64.2 Å². The third-order valence-corrected chi connectivity index (χ3v) is 7.30. The van der Waals surface area contributed by atoms with Gasteiger partial charge in [0.15, 0.2) is 0 Å². The highest BCUT2D eigenvalue weighted by atomic mass is 16.2. The van der Waals surface area contributed by atoms with Gasteiger partial charge in [-0.3, -0.25) is 14.4 Å². The van der Waals surface area contributed by atoms with Gasteiger partial charge < -0.3 is 19.6 Å². The molecule has 3 aliphatic heterocycles. The number of nitrogens with zero attached hydrogens (tertiary/aromatic N) is 4. The Morgan fingerprint density at radius 2 is 1.57 bits per heavy atom. The van der Waals surface area contributed by atoms with E-state index in [0.717, 1.165) is 42.7 Å². The molecule has 182 valence electrons. The van der Waals surface area contributed by atoms with Crippen molar-refractivity contribution in [1.29, 1.82) is 0 Å². The second-order valence-corrected chi connectivity index (χ2v) is 9.76. The van der Waals surface area contributed by atoms with Crippen LogP contribution in [0.1, 0.15) is 34.3 Å². The summed E-state index contributed by atoms with van der Waals surface area (Å²) in [5.74, 6) is -0.00343. The van der Waals surface area contributed by atoms with E-state index in [9.17, 15) is 14.4 Å². The van der Waals surface area contributed by atoms with Crippen molar-refractivity contribution in [2.75, 3.05) is 44.7 Å². The van der Waals surface area contributed by atoms with Crippen molar-refractivity contribution < 1.29 is 14.4 Å². The Hall–Kier alpha value is -3.45. The smallest absolute Gasteiger partial charge is 0.254 e. The molecule has 3 heterocycles. The summed E-state index contributed by atoms with van der Waals surface area (Å²) in [6.07, 6.45) is 5.67. The van der Waals surface area contributed by atoms with E-state index in [1.807, 2.05) is 60.7 Å². The first-order chi connectivity index (χ1) is 17.0. The van der Waals surface area contributed by atoms with Crippen molar-refractivity contribution in [2.24, 2.45) is 5.92 Å². The number of rotatable bonds is 4. The van der Waals surface area contributed by atoms with Crippen molar-refractivity contribution in [1.82, 2.24) is 14.7 Å². The molecule has 3 aliphatic rings. The normalized spacial score (nSPS) is 19.1. The average Bonchev–Trinajstić information content (AvgIpc) is 3.38. The molecule has 5 rings (SSSR count). The van der Waals surface area contributed by atoms with E-state index < -0.39 is 0 Å². The van der Waals surface area contributed by atoms with Gasteiger partial charge in [0.25, 0.3) is 5.91 Å². The Bertz CT molecular complexity index is 1130. The molecule has 7 heteroatoms. The van der Waals surface area contributed by atoms with Crippen LogP contribution < -0.4 is 4.90 Å². The molecule has 1 saturated heterocycles. The molecule has 0 N–H and O–H groups in total. The van der Waals surface area contributed by atoms with E-state index in [1.165, 1.54) is 0 Å². The standard InChI is InChI=1S/C28H32N4O3/c1-29-16-12-23(13-17-29)28(35)31-19-24-6-2-3-7-25(24)32(26(33)20-31)18-21-8-10-22(11-9-21)27(34)30-14-4-5-15-30/h2-11,23H,12-20H2,1H3. The van der Waals surface area contributed by atoms with E-state index in [4.69, 9.17) is 0 Å². The fourth-order valence-corrected chi connectivity index (χ4v) is 5.16. The lowest BCUT2D eigenvalue weighted by molar-refractivity contribution is -0.140. The van der Waals surface area contributed by atoms with Crippen LogP contribution in [0.2, 0.25) is 0 Å². The van der Waals surface area contributed by atoms with Gasteiger partial charge >= 0.3 is 0 Å². The molecule has 2 aromatic rings. The Morgan fingerprint density at radius 3 is 2.29 bits per heavy atom. The molecule has 0 aromatic heterocycles. The minimum atomic E-state index is -0.0838. The first-order valence-corrected chi connectivity index (χ1v) is 12.4. The van der Waals surface area contributed by atoms with Crippen molar-refractivity contribution in [3.8, 4) is 0 Å². The molecule has 0 radical (unpaired) electrons. The maximum absolute atomic E-state index is 13.4. The number of hydrogen-bond donors (Lipinski definition) is 0. The maximum atomic E-state index is 13.4. The van der Waals surface area contributed by atoms with Gasteiger partial charge in [0, 0.05) is 36.8 Å². The lowest BCUT2D eigenvalue weighted by Gasteiger charge is -2.31. The average molecular weight is 473 g/mol. The van der Waals surface area contributed by atoms with Crippen LogP contribution in [-0.2, 0) is 22.7 Å². The summed E-state index contributed by atoms with van der Waals surface area (Å²) in [4.78, 5) is 47.0. The largest absolute Gasteiger partial charge is 0.331 e. The van der Waals surface area contributed by atoms with Gasteiger partial charge in [-0.25, -0.2) is 0 Å². The van der Waals surface area contributed by atoms with Gasteiger partial charge in [-0.2, -0.15) is 0 Å². The van der Waals surface area contributed by atoms with Crippen LogP contribution in [0.5, 0.6) is 0 Å². The first kappa shape index (κ1) is 23.3. The number of hydrogen-bond acceptors (Lipinski definition) is 4. The molecule has 0 saturated carbocycles. The van der Waals surface area contributed by atoms with Crippen LogP contribution in [0, 0.1) is 5.92 Å². The Balaban J connectivity index is 1.33. The van der Waals surface area contributed by atoms with Gasteiger partial charge in [0.2, 0.25) is 11.8 Å². The number of carbonyl (C=O) groups excluding carboxylic acids is 3. The number of amides is 3. The predicted octanol–water partition coefficient (Wildman–Crippen LogP) is 2.92. The number of carbonyl (C=O) groups is 3. The molecule has 35 heavy (non-hydrogen) atoms. The number of para-hydroxylation sites is 1. The van der Waals surface area contributed by atoms with E-state index in [-0.39, 0.29) is 30.2 Å². The van der Waals surface area contributed by atoms with Crippen molar-refractivity contribution in [2.45, 2.75) is 25.9 Å². The molecule has 0 spiro atoms. The van der Waals surface area contributed by atoms with Gasteiger partial charge in [-0.15, -0.1) is 0 Å². The molecule has 0 unspecified atom stereocenters. The van der Waals surface area contributed by atoms with Crippen LogP contribution in [0.3, 0.4) is 0 Å². The molecular weight excluding hydrogens is 440 g/mol. The fraction of sp³-hybridized carbons (Fsp3) is 0.393. The number of fused-ring (bicyclic) bond motifs is 1. The van der Waals surface area contributed by atoms with Crippen molar-refractivity contribution in [3.05, 3.63) is 77.4 Å². The predicted molar refractivity (Wildman–Crippen MR) is 135 cm³/mol. The molecule has 0 aliphatic carbocycles. The van der Waals surface area contributed by atoms with E-state index >= 15 is 0 Å². The van der Waals surface area contributed by atoms with E-state index in [2.05, 4.69) is 11.9 Å². The molecular formula is C28H32N4O3. The highest BCUT2D eigenvalue weighted by molar-refractivity contribution is 5.99. The van der Waals surface area contributed by atoms with E-state index in [1.54, 1.807) is 14.7 Å². The quantitative estimate of drug-likeness (QED) is 0.642. The molecule has 0 atom stereocenters. The lowest BCUT2D eigenvalue weighted by Crippen LogP contribution is -2.44. The van der Waals surface area contributed by atoms with Gasteiger partial charge in [0.05, 0.1) is 6.54 Å². The number of piperidine rings is 1. The molecule has 1 fully saturated rings. The second-order valence-electron chi connectivity index (χ2n) is 9.76. The fourth-order valence-electron chi connectivity index (χ4n) is 5.16. The summed E-state index contributed by atoms with van der Waals surface area (Å²) in [6.45, 7) is 4.03. The van der Waals surface area contributed by atoms with Crippen LogP contribution >= 0.6 is 0 Å². The van der Waals surface area contributed by atoms with Gasteiger partial charge in [0.1, 0.15) is 6.54 Å². The molecule has 7 nitrogen and oxygen atoms in total. The second kappa shape index (κ2) is 10.0. The summed E-state index contributed by atoms with van der Waals surface area (Å²) in [7, 11) is 2.08. The Morgan fingerprint density at radius 1 is 0.886 bits per heavy atom. The number of likely N-dealkylation sites (tertiary alicyclic amines) is 1. The van der Waals surface area contributed by atoms with Crippen LogP contribution in [0.25, 0.3) is 0 Å². The van der Waals surface area contributed by atoms with Crippen molar-refractivity contribution >= 4 is 23.4 Å². The summed E-state index contributed by atoms with van der Waals surface area (Å²) in [5.41, 5.74) is 3.42. The number of anilines is 1. The monoisotopic (exact) mass is 472 g/mol. The van der Waals surface area contributed by atoms with Crippen LogP contribution in [-0.4, -0.2) is 72.2 Å². The van der Waals surface area contributed by atoms with Crippen molar-refractivity contribution in [3.63, 3.8) is 0 Å². The summed E-state index contributed by atoms with van der Waals surface area (Å²) < 4.78 is 0.